The second-order valence-electron chi connectivity index (χ2n) is 3.60. The van der Waals surface area contributed by atoms with Crippen molar-refractivity contribution in [1.82, 2.24) is 15.2 Å². The van der Waals surface area contributed by atoms with Crippen molar-refractivity contribution in [3.63, 3.8) is 0 Å². The quantitative estimate of drug-likeness (QED) is 0.781. The maximum atomic E-state index is 11.8. The molecule has 1 rings (SSSR count). The first-order valence-electron chi connectivity index (χ1n) is 5.47. The van der Waals surface area contributed by atoms with E-state index in [1.54, 1.807) is 0 Å². The summed E-state index contributed by atoms with van der Waals surface area (Å²) in [6.45, 7) is 4.38. The molecular weight excluding hydrogens is 270 g/mol. The minimum absolute atomic E-state index is 0.0191. The smallest absolute Gasteiger partial charge is 0.267 e. The number of rotatable bonds is 6. The van der Waals surface area contributed by atoms with E-state index < -0.39 is 0 Å². The fourth-order valence-corrected chi connectivity index (χ4v) is 1.95. The van der Waals surface area contributed by atoms with Gasteiger partial charge in [-0.3, -0.25) is 4.79 Å². The molecule has 0 aromatic carbocycles. The molecule has 0 radical (unpaired) electrons. The molecule has 0 fully saturated rings. The van der Waals surface area contributed by atoms with Gasteiger partial charge >= 0.3 is 0 Å². The molecule has 0 aliphatic heterocycles. The third kappa shape index (κ3) is 3.64. The van der Waals surface area contributed by atoms with E-state index in [2.05, 4.69) is 33.5 Å². The van der Waals surface area contributed by atoms with Crippen LogP contribution in [0.2, 0.25) is 0 Å². The van der Waals surface area contributed by atoms with Gasteiger partial charge in [0, 0.05) is 30.3 Å². The molecule has 0 saturated carbocycles. The lowest BCUT2D eigenvalue weighted by atomic mass is 10.3. The van der Waals surface area contributed by atoms with Crippen molar-refractivity contribution in [3.05, 3.63) is 22.4 Å². The SMILES string of the molecule is CCCn1cc(Br)cc1C(=O)NCCNC. The van der Waals surface area contributed by atoms with Crippen LogP contribution in [0.15, 0.2) is 16.7 Å². The fourth-order valence-electron chi connectivity index (χ4n) is 1.48. The lowest BCUT2D eigenvalue weighted by Gasteiger charge is -2.08. The van der Waals surface area contributed by atoms with Gasteiger partial charge in [0.25, 0.3) is 5.91 Å². The summed E-state index contributed by atoms with van der Waals surface area (Å²) in [5.41, 5.74) is 0.713. The molecule has 1 aromatic rings. The highest BCUT2D eigenvalue weighted by atomic mass is 79.9. The average molecular weight is 288 g/mol. The zero-order chi connectivity index (χ0) is 12.0. The number of hydrogen-bond donors (Lipinski definition) is 2. The van der Waals surface area contributed by atoms with Crippen molar-refractivity contribution in [3.8, 4) is 0 Å². The van der Waals surface area contributed by atoms with E-state index in [1.807, 2.05) is 23.9 Å². The first-order valence-corrected chi connectivity index (χ1v) is 6.26. The molecule has 90 valence electrons. The van der Waals surface area contributed by atoms with Crippen LogP contribution in [0.1, 0.15) is 23.8 Å². The van der Waals surface area contributed by atoms with Crippen LogP contribution in [0.3, 0.4) is 0 Å². The van der Waals surface area contributed by atoms with Crippen LogP contribution < -0.4 is 10.6 Å². The molecule has 4 nitrogen and oxygen atoms in total. The van der Waals surface area contributed by atoms with Gasteiger partial charge in [0.2, 0.25) is 0 Å². The first-order chi connectivity index (χ1) is 7.69. The predicted octanol–water partition coefficient (Wildman–Crippen LogP) is 1.61. The van der Waals surface area contributed by atoms with E-state index in [4.69, 9.17) is 0 Å². The number of amides is 1. The van der Waals surface area contributed by atoms with Crippen LogP contribution in [0.25, 0.3) is 0 Å². The Kier molecular flexibility index (Phi) is 5.55. The van der Waals surface area contributed by atoms with Crippen molar-refractivity contribution >= 4 is 21.8 Å². The Hall–Kier alpha value is -0.810. The van der Waals surface area contributed by atoms with Crippen molar-refractivity contribution < 1.29 is 4.79 Å². The molecule has 1 heterocycles. The summed E-state index contributed by atoms with van der Waals surface area (Å²) >= 11 is 3.39. The number of nitrogens with one attached hydrogen (secondary N) is 2. The highest BCUT2D eigenvalue weighted by Gasteiger charge is 2.11. The van der Waals surface area contributed by atoms with Crippen LogP contribution in [0, 0.1) is 0 Å². The molecule has 0 atom stereocenters. The van der Waals surface area contributed by atoms with Gasteiger partial charge in [-0.2, -0.15) is 0 Å². The number of nitrogens with zero attached hydrogens (tertiary/aromatic N) is 1. The van der Waals surface area contributed by atoms with Crippen molar-refractivity contribution in [2.75, 3.05) is 20.1 Å². The van der Waals surface area contributed by atoms with Crippen LogP contribution in [0.4, 0.5) is 0 Å². The van der Waals surface area contributed by atoms with E-state index in [1.165, 1.54) is 0 Å². The summed E-state index contributed by atoms with van der Waals surface area (Å²) in [6, 6.07) is 1.85. The van der Waals surface area contributed by atoms with Gasteiger partial charge in [-0.15, -0.1) is 0 Å². The molecule has 5 heteroatoms. The van der Waals surface area contributed by atoms with Gasteiger partial charge in [-0.1, -0.05) is 6.92 Å². The lowest BCUT2D eigenvalue weighted by molar-refractivity contribution is 0.0944. The van der Waals surface area contributed by atoms with E-state index in [9.17, 15) is 4.79 Å². The third-order valence-corrected chi connectivity index (χ3v) is 2.65. The van der Waals surface area contributed by atoms with Crippen molar-refractivity contribution in [2.24, 2.45) is 0 Å². The Morgan fingerprint density at radius 3 is 2.88 bits per heavy atom. The molecule has 0 saturated heterocycles. The number of likely N-dealkylation sites (N-methyl/N-ethyl adjacent to an activating group) is 1. The molecule has 16 heavy (non-hydrogen) atoms. The Morgan fingerprint density at radius 1 is 1.50 bits per heavy atom. The molecule has 0 spiro atoms. The fraction of sp³-hybridized carbons (Fsp3) is 0.545. The van der Waals surface area contributed by atoms with Crippen molar-refractivity contribution in [2.45, 2.75) is 19.9 Å². The Balaban J connectivity index is 2.66. The molecule has 1 amide bonds. The minimum Gasteiger partial charge on any atom is -0.349 e. The molecule has 0 aliphatic rings. The minimum atomic E-state index is -0.0191. The number of carbonyl (C=O) groups is 1. The van der Waals surface area contributed by atoms with Gasteiger partial charge in [0.1, 0.15) is 5.69 Å². The van der Waals surface area contributed by atoms with Crippen LogP contribution in [-0.4, -0.2) is 30.6 Å². The summed E-state index contributed by atoms with van der Waals surface area (Å²) in [5, 5.41) is 5.86. The molecule has 0 aliphatic carbocycles. The maximum absolute atomic E-state index is 11.8. The van der Waals surface area contributed by atoms with E-state index in [0.717, 1.165) is 24.0 Å². The number of aromatic nitrogens is 1. The number of halogens is 1. The second-order valence-corrected chi connectivity index (χ2v) is 4.51. The summed E-state index contributed by atoms with van der Waals surface area (Å²) in [5.74, 6) is -0.0191. The van der Waals surface area contributed by atoms with Gasteiger partial charge in [0.15, 0.2) is 0 Å². The third-order valence-electron chi connectivity index (χ3n) is 2.22. The largest absolute Gasteiger partial charge is 0.349 e. The summed E-state index contributed by atoms with van der Waals surface area (Å²) < 4.78 is 2.92. The number of hydrogen-bond acceptors (Lipinski definition) is 2. The standard InChI is InChI=1S/C11H18BrN3O/c1-3-6-15-8-9(12)7-10(15)11(16)14-5-4-13-2/h7-8,13H,3-6H2,1-2H3,(H,14,16). The zero-order valence-electron chi connectivity index (χ0n) is 9.72. The Morgan fingerprint density at radius 2 is 2.25 bits per heavy atom. The maximum Gasteiger partial charge on any atom is 0.267 e. The summed E-state index contributed by atoms with van der Waals surface area (Å²) in [4.78, 5) is 11.8. The Bertz CT molecular complexity index is 349. The molecule has 2 N–H and O–H groups in total. The monoisotopic (exact) mass is 287 g/mol. The molecule has 0 bridgehead atoms. The van der Waals surface area contributed by atoms with Gasteiger partial charge in [-0.05, 0) is 35.5 Å². The number of aryl methyl sites for hydroxylation is 1. The highest BCUT2D eigenvalue weighted by Crippen LogP contribution is 2.15. The number of carbonyl (C=O) groups excluding carboxylic acids is 1. The topological polar surface area (TPSA) is 46.1 Å². The average Bonchev–Trinajstić information content (AvgIpc) is 2.60. The normalized spacial score (nSPS) is 10.4. The van der Waals surface area contributed by atoms with Gasteiger partial charge < -0.3 is 15.2 Å². The van der Waals surface area contributed by atoms with Crippen LogP contribution in [0.5, 0.6) is 0 Å². The van der Waals surface area contributed by atoms with E-state index >= 15 is 0 Å². The molecule has 1 aromatic heterocycles. The summed E-state index contributed by atoms with van der Waals surface area (Å²) in [7, 11) is 1.86. The lowest BCUT2D eigenvalue weighted by Crippen LogP contribution is -2.31. The zero-order valence-corrected chi connectivity index (χ0v) is 11.3. The second kappa shape index (κ2) is 6.70. The molecule has 0 unspecified atom stereocenters. The first kappa shape index (κ1) is 13.3. The van der Waals surface area contributed by atoms with Gasteiger partial charge in [-0.25, -0.2) is 0 Å². The van der Waals surface area contributed by atoms with E-state index in [0.29, 0.717) is 12.2 Å². The highest BCUT2D eigenvalue weighted by molar-refractivity contribution is 9.10. The predicted molar refractivity (Wildman–Crippen MR) is 68.7 cm³/mol. The molecular formula is C11H18BrN3O. The van der Waals surface area contributed by atoms with Crippen LogP contribution >= 0.6 is 15.9 Å². The van der Waals surface area contributed by atoms with Crippen LogP contribution in [-0.2, 0) is 6.54 Å². The summed E-state index contributed by atoms with van der Waals surface area (Å²) in [6.07, 6.45) is 2.95. The van der Waals surface area contributed by atoms with E-state index in [-0.39, 0.29) is 5.91 Å². The Labute approximate surface area is 105 Å². The van der Waals surface area contributed by atoms with Crippen molar-refractivity contribution in [1.29, 1.82) is 0 Å². The van der Waals surface area contributed by atoms with Gasteiger partial charge in [0.05, 0.1) is 0 Å².